The fourth-order valence-corrected chi connectivity index (χ4v) is 5.57. The number of hydrogen-bond donors (Lipinski definition) is 0. The average Bonchev–Trinajstić information content (AvgIpc) is 3.09. The van der Waals surface area contributed by atoms with Crippen LogP contribution in [0.15, 0.2) is 78.9 Å². The Morgan fingerprint density at radius 1 is 0.846 bits per heavy atom. The Morgan fingerprint density at radius 2 is 1.65 bits per heavy atom. The second-order valence-corrected chi connectivity index (χ2v) is 8.13. The Hall–Kier alpha value is -2.35. The molecule has 0 bridgehead atoms. The van der Waals surface area contributed by atoms with Gasteiger partial charge in [-0.3, -0.25) is 0 Å². The molecule has 26 heavy (non-hydrogen) atoms. The van der Waals surface area contributed by atoms with E-state index >= 15 is 0 Å². The molecule has 0 N–H and O–H groups in total. The third-order valence-electron chi connectivity index (χ3n) is 5.14. The first-order valence-electron chi connectivity index (χ1n) is 8.85. The molecule has 0 nitrogen and oxygen atoms in total. The summed E-state index contributed by atoms with van der Waals surface area (Å²) in [5.41, 5.74) is 5.35. The second kappa shape index (κ2) is 6.42. The molecule has 1 unspecified atom stereocenters. The molecule has 2 heteroatoms. The highest BCUT2D eigenvalue weighted by atomic mass is 35.5. The molecule has 0 radical (unpaired) electrons. The molecule has 1 heterocycles. The number of thiophene rings is 1. The molecule has 0 saturated carbocycles. The fraction of sp³-hybridized carbons (Fsp3) is 0.0833. The number of allylic oxidation sites excluding steroid dienone is 1. The largest absolute Gasteiger partial charge is 0.135 e. The van der Waals surface area contributed by atoms with Crippen molar-refractivity contribution in [2.24, 2.45) is 0 Å². The summed E-state index contributed by atoms with van der Waals surface area (Å²) in [5, 5.41) is 2.09. The van der Waals surface area contributed by atoms with Crippen LogP contribution in [0.2, 0.25) is 5.02 Å². The van der Waals surface area contributed by atoms with E-state index in [2.05, 4.69) is 72.8 Å². The van der Waals surface area contributed by atoms with Gasteiger partial charge in [-0.05, 0) is 46.9 Å². The number of hydrogen-bond acceptors (Lipinski definition) is 1. The molecule has 0 saturated heterocycles. The lowest BCUT2D eigenvalue weighted by Crippen LogP contribution is -2.05. The van der Waals surface area contributed by atoms with Crippen LogP contribution in [0.4, 0.5) is 0 Å². The van der Waals surface area contributed by atoms with Crippen LogP contribution >= 0.6 is 22.9 Å². The minimum absolute atomic E-state index is 0.333. The third kappa shape index (κ3) is 2.51. The summed E-state index contributed by atoms with van der Waals surface area (Å²) < 4.78 is 1.27. The van der Waals surface area contributed by atoms with Crippen molar-refractivity contribution >= 4 is 39.1 Å². The van der Waals surface area contributed by atoms with Crippen LogP contribution in [0, 0.1) is 0 Å². The summed E-state index contributed by atoms with van der Waals surface area (Å²) in [6.45, 7) is 0. The van der Waals surface area contributed by atoms with Crippen molar-refractivity contribution in [3.63, 3.8) is 0 Å². The molecule has 0 fully saturated rings. The minimum atomic E-state index is 0.333. The van der Waals surface area contributed by atoms with Crippen LogP contribution in [0.25, 0.3) is 27.3 Å². The zero-order valence-corrected chi connectivity index (χ0v) is 15.7. The SMILES string of the molecule is Clc1cccc2sc3c(c12)C(c1ccccc1-c1ccccc1)CC=C3. The van der Waals surface area contributed by atoms with Gasteiger partial charge in [0.2, 0.25) is 0 Å². The molecule has 3 aromatic carbocycles. The maximum atomic E-state index is 6.63. The van der Waals surface area contributed by atoms with Gasteiger partial charge in [0.15, 0.2) is 0 Å². The molecule has 1 aliphatic rings. The normalized spacial score (nSPS) is 16.0. The van der Waals surface area contributed by atoms with Crippen molar-refractivity contribution < 1.29 is 0 Å². The topological polar surface area (TPSA) is 0 Å². The van der Waals surface area contributed by atoms with Gasteiger partial charge in [-0.1, -0.05) is 78.3 Å². The standard InChI is InChI=1S/C24H17ClS/c25-20-13-7-15-22-24(20)23-19(12-6-14-21(23)26-22)18-11-5-4-10-17(18)16-8-2-1-3-9-16/h1-11,13-15,19H,12H2. The van der Waals surface area contributed by atoms with E-state index in [1.807, 2.05) is 23.5 Å². The average molecular weight is 373 g/mol. The van der Waals surface area contributed by atoms with E-state index in [1.165, 1.54) is 37.2 Å². The van der Waals surface area contributed by atoms with Crippen LogP contribution in [0.1, 0.15) is 28.3 Å². The van der Waals surface area contributed by atoms with E-state index in [-0.39, 0.29) is 0 Å². The molecule has 4 aromatic rings. The summed E-state index contributed by atoms with van der Waals surface area (Å²) in [6, 6.07) is 25.7. The third-order valence-corrected chi connectivity index (χ3v) is 6.59. The molecule has 1 aromatic heterocycles. The van der Waals surface area contributed by atoms with Crippen molar-refractivity contribution in [2.75, 3.05) is 0 Å². The van der Waals surface area contributed by atoms with Crippen LogP contribution in [-0.4, -0.2) is 0 Å². The highest BCUT2D eigenvalue weighted by molar-refractivity contribution is 7.20. The summed E-state index contributed by atoms with van der Waals surface area (Å²) in [7, 11) is 0. The Labute approximate surface area is 162 Å². The number of rotatable bonds is 2. The van der Waals surface area contributed by atoms with Crippen molar-refractivity contribution in [3.05, 3.63) is 99.9 Å². The van der Waals surface area contributed by atoms with E-state index in [4.69, 9.17) is 11.6 Å². The van der Waals surface area contributed by atoms with E-state index in [9.17, 15) is 0 Å². The molecule has 0 amide bonds. The summed E-state index contributed by atoms with van der Waals surface area (Å²) in [6.07, 6.45) is 5.57. The van der Waals surface area contributed by atoms with E-state index in [0.29, 0.717) is 5.92 Å². The maximum absolute atomic E-state index is 6.63. The zero-order chi connectivity index (χ0) is 17.5. The number of benzene rings is 3. The monoisotopic (exact) mass is 372 g/mol. The van der Waals surface area contributed by atoms with Crippen LogP contribution < -0.4 is 0 Å². The Kier molecular flexibility index (Phi) is 3.92. The summed E-state index contributed by atoms with van der Waals surface area (Å²) in [5.74, 6) is 0.333. The van der Waals surface area contributed by atoms with E-state index in [0.717, 1.165) is 11.4 Å². The highest BCUT2D eigenvalue weighted by Gasteiger charge is 2.26. The van der Waals surface area contributed by atoms with Crippen molar-refractivity contribution in [3.8, 4) is 11.1 Å². The lowest BCUT2D eigenvalue weighted by molar-refractivity contribution is 0.834. The zero-order valence-electron chi connectivity index (χ0n) is 14.2. The van der Waals surface area contributed by atoms with Crippen LogP contribution in [-0.2, 0) is 0 Å². The van der Waals surface area contributed by atoms with E-state index in [1.54, 1.807) is 0 Å². The first-order chi connectivity index (χ1) is 12.8. The fourth-order valence-electron chi connectivity index (χ4n) is 4.01. The quantitative estimate of drug-likeness (QED) is 0.337. The molecular formula is C24H17ClS. The van der Waals surface area contributed by atoms with Gasteiger partial charge < -0.3 is 0 Å². The highest BCUT2D eigenvalue weighted by Crippen LogP contribution is 2.48. The van der Waals surface area contributed by atoms with Crippen molar-refractivity contribution in [1.82, 2.24) is 0 Å². The molecule has 0 spiro atoms. The predicted octanol–water partition coefficient (Wildman–Crippen LogP) is 7.77. The number of halogens is 1. The molecule has 126 valence electrons. The molecule has 0 aliphatic heterocycles. The summed E-state index contributed by atoms with van der Waals surface area (Å²) in [4.78, 5) is 1.34. The predicted molar refractivity (Wildman–Crippen MR) is 114 cm³/mol. The Balaban J connectivity index is 1.76. The van der Waals surface area contributed by atoms with Gasteiger partial charge in [-0.2, -0.15) is 0 Å². The lowest BCUT2D eigenvalue weighted by atomic mass is 9.80. The van der Waals surface area contributed by atoms with Gasteiger partial charge in [0, 0.05) is 25.9 Å². The van der Waals surface area contributed by atoms with Gasteiger partial charge in [0.1, 0.15) is 0 Å². The smallest absolute Gasteiger partial charge is 0.0496 e. The molecular weight excluding hydrogens is 356 g/mol. The van der Waals surface area contributed by atoms with Gasteiger partial charge in [-0.15, -0.1) is 11.3 Å². The lowest BCUT2D eigenvalue weighted by Gasteiger charge is -2.23. The first-order valence-corrected chi connectivity index (χ1v) is 10.0. The molecule has 1 aliphatic carbocycles. The van der Waals surface area contributed by atoms with Crippen molar-refractivity contribution in [1.29, 1.82) is 0 Å². The maximum Gasteiger partial charge on any atom is 0.0496 e. The molecule has 5 rings (SSSR count). The second-order valence-electron chi connectivity index (χ2n) is 6.64. The first kappa shape index (κ1) is 15.9. The van der Waals surface area contributed by atoms with E-state index < -0.39 is 0 Å². The summed E-state index contributed by atoms with van der Waals surface area (Å²) >= 11 is 8.47. The van der Waals surface area contributed by atoms with Gasteiger partial charge >= 0.3 is 0 Å². The number of fused-ring (bicyclic) bond motifs is 3. The van der Waals surface area contributed by atoms with Crippen molar-refractivity contribution in [2.45, 2.75) is 12.3 Å². The van der Waals surface area contributed by atoms with Crippen LogP contribution in [0.3, 0.4) is 0 Å². The Bertz CT molecular complexity index is 1120. The van der Waals surface area contributed by atoms with Crippen LogP contribution in [0.5, 0.6) is 0 Å². The minimum Gasteiger partial charge on any atom is -0.135 e. The Morgan fingerprint density at radius 3 is 2.54 bits per heavy atom. The molecule has 1 atom stereocenters. The van der Waals surface area contributed by atoms with Gasteiger partial charge in [-0.25, -0.2) is 0 Å². The van der Waals surface area contributed by atoms with Gasteiger partial charge in [0.25, 0.3) is 0 Å². The van der Waals surface area contributed by atoms with Gasteiger partial charge in [0.05, 0.1) is 0 Å².